The number of nitro groups is 1. The van der Waals surface area contributed by atoms with Crippen molar-refractivity contribution in [1.82, 2.24) is 9.88 Å². The van der Waals surface area contributed by atoms with Crippen LogP contribution in [-0.4, -0.2) is 43.9 Å². The average molecular weight is 317 g/mol. The van der Waals surface area contributed by atoms with E-state index < -0.39 is 22.3 Å². The highest BCUT2D eigenvalue weighted by molar-refractivity contribution is 6.08. The van der Waals surface area contributed by atoms with E-state index in [2.05, 4.69) is 4.98 Å². The Morgan fingerprint density at radius 2 is 2.17 bits per heavy atom. The summed E-state index contributed by atoms with van der Waals surface area (Å²) in [5, 5.41) is 20.8. The Kier molecular flexibility index (Phi) is 3.32. The van der Waals surface area contributed by atoms with Crippen LogP contribution in [0.2, 0.25) is 0 Å². The zero-order valence-corrected chi connectivity index (χ0v) is 12.4. The highest BCUT2D eigenvalue weighted by atomic mass is 16.6. The number of likely N-dealkylation sites (tertiary alicyclic amines) is 1. The number of H-pyrrole nitrogens is 1. The first-order valence-corrected chi connectivity index (χ1v) is 7.15. The second-order valence-corrected chi connectivity index (χ2v) is 5.83. The van der Waals surface area contributed by atoms with Crippen LogP contribution in [-0.2, 0) is 4.79 Å². The van der Waals surface area contributed by atoms with Gasteiger partial charge in [-0.25, -0.2) is 4.79 Å². The summed E-state index contributed by atoms with van der Waals surface area (Å²) in [4.78, 5) is 38.9. The van der Waals surface area contributed by atoms with Crippen molar-refractivity contribution in [3.05, 3.63) is 40.1 Å². The summed E-state index contributed by atoms with van der Waals surface area (Å²) in [6.07, 6.45) is 2.46. The topological polar surface area (TPSA) is 117 Å². The molecule has 1 fully saturated rings. The van der Waals surface area contributed by atoms with E-state index in [0.29, 0.717) is 30.3 Å². The van der Waals surface area contributed by atoms with Crippen molar-refractivity contribution < 1.29 is 19.6 Å². The molecule has 1 saturated heterocycles. The van der Waals surface area contributed by atoms with Crippen molar-refractivity contribution in [2.45, 2.75) is 25.3 Å². The summed E-state index contributed by atoms with van der Waals surface area (Å²) in [6, 6.07) is 4.21. The number of benzene rings is 1. The fourth-order valence-corrected chi connectivity index (χ4v) is 3.06. The van der Waals surface area contributed by atoms with Crippen molar-refractivity contribution >= 4 is 28.5 Å². The first kappa shape index (κ1) is 15.0. The lowest BCUT2D eigenvalue weighted by atomic mass is 9.98. The Balaban J connectivity index is 2.06. The number of carboxylic acids is 1. The van der Waals surface area contributed by atoms with Gasteiger partial charge in [-0.1, -0.05) is 0 Å². The molecule has 8 heteroatoms. The predicted octanol–water partition coefficient (Wildman–Crippen LogP) is 2.16. The minimum Gasteiger partial charge on any atom is -0.480 e. The molecule has 1 aromatic heterocycles. The van der Waals surface area contributed by atoms with E-state index in [1.54, 1.807) is 0 Å². The van der Waals surface area contributed by atoms with Gasteiger partial charge >= 0.3 is 5.97 Å². The number of rotatable bonds is 3. The quantitative estimate of drug-likeness (QED) is 0.664. The third-order valence-corrected chi connectivity index (χ3v) is 4.45. The number of fused-ring (bicyclic) bond motifs is 1. The lowest BCUT2D eigenvalue weighted by Crippen LogP contribution is -2.50. The number of nitrogens with one attached hydrogen (secondary N) is 1. The maximum Gasteiger partial charge on any atom is 0.329 e. The Labute approximate surface area is 130 Å². The van der Waals surface area contributed by atoms with Gasteiger partial charge in [0.15, 0.2) is 0 Å². The third-order valence-electron chi connectivity index (χ3n) is 4.45. The molecule has 23 heavy (non-hydrogen) atoms. The fourth-order valence-electron chi connectivity index (χ4n) is 3.06. The van der Waals surface area contributed by atoms with E-state index in [1.165, 1.54) is 36.2 Å². The summed E-state index contributed by atoms with van der Waals surface area (Å²) in [6.45, 7) is 1.88. The lowest BCUT2D eigenvalue weighted by molar-refractivity contribution is -0.384. The highest BCUT2D eigenvalue weighted by Crippen LogP contribution is 2.33. The van der Waals surface area contributed by atoms with E-state index in [4.69, 9.17) is 0 Å². The van der Waals surface area contributed by atoms with Gasteiger partial charge in [0.25, 0.3) is 11.6 Å². The Morgan fingerprint density at radius 3 is 2.83 bits per heavy atom. The van der Waals surface area contributed by atoms with Crippen LogP contribution in [0.1, 0.15) is 30.1 Å². The number of nitrogens with zero attached hydrogens (tertiary/aromatic N) is 2. The number of hydrogen-bond acceptors (Lipinski definition) is 4. The second kappa shape index (κ2) is 5.08. The van der Waals surface area contributed by atoms with Crippen LogP contribution in [0.3, 0.4) is 0 Å². The number of carboxylic acid groups (broad SMARTS) is 1. The van der Waals surface area contributed by atoms with Gasteiger partial charge in [-0.2, -0.15) is 0 Å². The molecule has 1 atom stereocenters. The van der Waals surface area contributed by atoms with Gasteiger partial charge in [0, 0.05) is 35.8 Å². The molecule has 0 spiro atoms. The first-order chi connectivity index (χ1) is 10.8. The number of aliphatic carboxylic acids is 1. The molecule has 8 nitrogen and oxygen atoms in total. The molecule has 0 radical (unpaired) electrons. The van der Waals surface area contributed by atoms with Crippen molar-refractivity contribution in [1.29, 1.82) is 0 Å². The van der Waals surface area contributed by atoms with E-state index in [-0.39, 0.29) is 11.3 Å². The van der Waals surface area contributed by atoms with Gasteiger partial charge < -0.3 is 15.0 Å². The molecular formula is C15H15N3O5. The maximum absolute atomic E-state index is 12.8. The molecule has 3 rings (SSSR count). The largest absolute Gasteiger partial charge is 0.480 e. The monoisotopic (exact) mass is 317 g/mol. The van der Waals surface area contributed by atoms with Crippen LogP contribution in [0.25, 0.3) is 10.9 Å². The molecule has 1 aliphatic heterocycles. The highest BCUT2D eigenvalue weighted by Gasteiger charge is 2.46. The molecule has 2 aromatic rings. The van der Waals surface area contributed by atoms with Gasteiger partial charge in [-0.05, 0) is 25.8 Å². The minimum atomic E-state index is -1.25. The standard InChI is InChI=1S/C15H15N3O5/c1-15(14(20)21)5-2-6-17(15)13(19)11-8-16-12-4-3-9(18(22)23)7-10(11)12/h3-4,7-8,16H,2,5-6H2,1H3,(H,20,21). The molecule has 120 valence electrons. The second-order valence-electron chi connectivity index (χ2n) is 5.83. The van der Waals surface area contributed by atoms with Crippen LogP contribution >= 0.6 is 0 Å². The summed E-state index contributed by atoms with van der Waals surface area (Å²) in [5.74, 6) is -1.48. The number of amides is 1. The summed E-state index contributed by atoms with van der Waals surface area (Å²) < 4.78 is 0. The molecule has 0 saturated carbocycles. The first-order valence-electron chi connectivity index (χ1n) is 7.15. The van der Waals surface area contributed by atoms with Gasteiger partial charge in [0.2, 0.25) is 0 Å². The minimum absolute atomic E-state index is 0.117. The normalized spacial score (nSPS) is 20.8. The van der Waals surface area contributed by atoms with E-state index in [1.807, 2.05) is 0 Å². The molecule has 1 amide bonds. The Hall–Kier alpha value is -2.90. The Morgan fingerprint density at radius 1 is 1.43 bits per heavy atom. The fraction of sp³-hybridized carbons (Fsp3) is 0.333. The number of aromatic amines is 1. The summed E-state index contributed by atoms with van der Waals surface area (Å²) in [7, 11) is 0. The average Bonchev–Trinajstić information content (AvgIpc) is 3.10. The molecule has 1 aliphatic rings. The van der Waals surface area contributed by atoms with Gasteiger partial charge in [0.05, 0.1) is 10.5 Å². The van der Waals surface area contributed by atoms with Crippen LogP contribution in [0, 0.1) is 10.1 Å². The van der Waals surface area contributed by atoms with Crippen molar-refractivity contribution in [2.24, 2.45) is 0 Å². The Bertz CT molecular complexity index is 828. The van der Waals surface area contributed by atoms with Crippen molar-refractivity contribution in [2.75, 3.05) is 6.54 Å². The molecule has 1 aromatic carbocycles. The smallest absolute Gasteiger partial charge is 0.329 e. The molecular weight excluding hydrogens is 302 g/mol. The molecule has 0 bridgehead atoms. The number of carbonyl (C=O) groups excluding carboxylic acids is 1. The van der Waals surface area contributed by atoms with E-state index in [9.17, 15) is 24.8 Å². The number of nitro benzene ring substituents is 1. The number of non-ortho nitro benzene ring substituents is 1. The number of carbonyl (C=O) groups is 2. The van der Waals surface area contributed by atoms with Crippen LogP contribution in [0.4, 0.5) is 5.69 Å². The van der Waals surface area contributed by atoms with Crippen LogP contribution in [0.5, 0.6) is 0 Å². The third kappa shape index (κ3) is 2.23. The van der Waals surface area contributed by atoms with Gasteiger partial charge in [-0.15, -0.1) is 0 Å². The van der Waals surface area contributed by atoms with E-state index >= 15 is 0 Å². The molecule has 0 aliphatic carbocycles. The van der Waals surface area contributed by atoms with E-state index in [0.717, 1.165) is 0 Å². The molecule has 2 N–H and O–H groups in total. The van der Waals surface area contributed by atoms with Crippen molar-refractivity contribution in [3.63, 3.8) is 0 Å². The lowest BCUT2D eigenvalue weighted by Gasteiger charge is -2.31. The molecule has 2 heterocycles. The van der Waals surface area contributed by atoms with Gasteiger partial charge in [-0.3, -0.25) is 14.9 Å². The predicted molar refractivity (Wildman–Crippen MR) is 81.3 cm³/mol. The number of hydrogen-bond donors (Lipinski definition) is 2. The van der Waals surface area contributed by atoms with Crippen LogP contribution in [0.15, 0.2) is 24.4 Å². The number of aromatic nitrogens is 1. The van der Waals surface area contributed by atoms with Gasteiger partial charge in [0.1, 0.15) is 5.54 Å². The van der Waals surface area contributed by atoms with Crippen LogP contribution < -0.4 is 0 Å². The molecule has 1 unspecified atom stereocenters. The summed E-state index contributed by atoms with van der Waals surface area (Å²) in [5.41, 5.74) is -0.525. The zero-order chi connectivity index (χ0) is 16.8. The van der Waals surface area contributed by atoms with Crippen molar-refractivity contribution in [3.8, 4) is 0 Å². The SMILES string of the molecule is CC1(C(=O)O)CCCN1C(=O)c1c[nH]c2ccc([N+](=O)[O-])cc12. The zero-order valence-electron chi connectivity index (χ0n) is 12.4. The summed E-state index contributed by atoms with van der Waals surface area (Å²) >= 11 is 0. The maximum atomic E-state index is 12.8.